The number of hydrogen-bond acceptors (Lipinski definition) is 5. The van der Waals surface area contributed by atoms with Gasteiger partial charge in [-0.15, -0.1) is 0 Å². The quantitative estimate of drug-likeness (QED) is 0.401. The minimum atomic E-state index is -0.960. The lowest BCUT2D eigenvalue weighted by molar-refractivity contribution is -0.385. The Morgan fingerprint density at radius 2 is 1.86 bits per heavy atom. The Kier molecular flexibility index (Phi) is 7.52. The zero-order valence-corrected chi connectivity index (χ0v) is 16.3. The summed E-state index contributed by atoms with van der Waals surface area (Å²) in [5, 5.41) is 14.1. The lowest BCUT2D eigenvalue weighted by atomic mass is 9.97. The second-order valence-corrected chi connectivity index (χ2v) is 7.09. The number of benzene rings is 2. The summed E-state index contributed by atoms with van der Waals surface area (Å²) in [5.41, 5.74) is 0.216. The number of carbonyl (C=O) groups excluding carboxylic acids is 2. The molecule has 148 valence electrons. The number of amides is 1. The van der Waals surface area contributed by atoms with E-state index in [0.29, 0.717) is 12.3 Å². The molecular formula is C20H21ClN2O5. The third-order valence-electron chi connectivity index (χ3n) is 3.96. The van der Waals surface area contributed by atoms with E-state index in [-0.39, 0.29) is 16.6 Å². The number of nitro benzene ring substituents is 1. The van der Waals surface area contributed by atoms with Crippen molar-refractivity contribution in [1.82, 2.24) is 5.32 Å². The average molecular weight is 405 g/mol. The molecule has 0 aliphatic carbocycles. The molecule has 0 saturated heterocycles. The summed E-state index contributed by atoms with van der Waals surface area (Å²) in [6, 6.07) is 12.9. The first kappa shape index (κ1) is 21.4. The van der Waals surface area contributed by atoms with E-state index in [9.17, 15) is 19.7 Å². The number of ether oxygens (including phenoxy) is 1. The monoisotopic (exact) mass is 404 g/mol. The van der Waals surface area contributed by atoms with Gasteiger partial charge in [-0.2, -0.15) is 0 Å². The summed E-state index contributed by atoms with van der Waals surface area (Å²) < 4.78 is 4.96. The summed E-state index contributed by atoms with van der Waals surface area (Å²) in [6.07, 6.45) is 0.715. The molecule has 0 aliphatic heterocycles. The SMILES string of the molecule is CC(C)C[C@@H](NC(=O)COC(=O)c1ccc(Cl)cc1[N+](=O)[O-])c1ccccc1. The van der Waals surface area contributed by atoms with E-state index in [0.717, 1.165) is 11.6 Å². The summed E-state index contributed by atoms with van der Waals surface area (Å²) in [7, 11) is 0. The normalized spacial score (nSPS) is 11.7. The first-order valence-corrected chi connectivity index (χ1v) is 9.11. The van der Waals surface area contributed by atoms with Crippen molar-refractivity contribution in [3.63, 3.8) is 0 Å². The number of nitro groups is 1. The van der Waals surface area contributed by atoms with E-state index in [1.54, 1.807) is 0 Å². The molecule has 8 heteroatoms. The highest BCUT2D eigenvalue weighted by atomic mass is 35.5. The molecule has 0 spiro atoms. The van der Waals surface area contributed by atoms with E-state index in [1.165, 1.54) is 12.1 Å². The Morgan fingerprint density at radius 1 is 1.18 bits per heavy atom. The molecule has 2 aromatic rings. The van der Waals surface area contributed by atoms with Gasteiger partial charge < -0.3 is 10.1 Å². The third-order valence-corrected chi connectivity index (χ3v) is 4.19. The average Bonchev–Trinajstić information content (AvgIpc) is 2.65. The van der Waals surface area contributed by atoms with E-state index < -0.39 is 29.1 Å². The highest BCUT2D eigenvalue weighted by Gasteiger charge is 2.23. The Balaban J connectivity index is 2.03. The topological polar surface area (TPSA) is 98.5 Å². The van der Waals surface area contributed by atoms with Crippen LogP contribution in [0.15, 0.2) is 48.5 Å². The maximum atomic E-state index is 12.3. The van der Waals surface area contributed by atoms with Gasteiger partial charge >= 0.3 is 5.97 Å². The maximum absolute atomic E-state index is 12.3. The number of nitrogens with one attached hydrogen (secondary N) is 1. The van der Waals surface area contributed by atoms with E-state index in [2.05, 4.69) is 5.32 Å². The first-order chi connectivity index (χ1) is 13.3. The van der Waals surface area contributed by atoms with Crippen LogP contribution in [0.3, 0.4) is 0 Å². The zero-order chi connectivity index (χ0) is 20.7. The molecule has 28 heavy (non-hydrogen) atoms. The van der Waals surface area contributed by atoms with Gasteiger partial charge in [-0.1, -0.05) is 55.8 Å². The van der Waals surface area contributed by atoms with Crippen molar-refractivity contribution in [2.75, 3.05) is 6.61 Å². The van der Waals surface area contributed by atoms with Crippen molar-refractivity contribution in [1.29, 1.82) is 0 Å². The molecule has 0 heterocycles. The summed E-state index contributed by atoms with van der Waals surface area (Å²) >= 11 is 5.73. The zero-order valence-electron chi connectivity index (χ0n) is 15.6. The van der Waals surface area contributed by atoms with Crippen LogP contribution in [0.2, 0.25) is 5.02 Å². The molecule has 0 fully saturated rings. The molecule has 1 N–H and O–H groups in total. The Morgan fingerprint density at radius 3 is 2.46 bits per heavy atom. The smallest absolute Gasteiger partial charge is 0.345 e. The second-order valence-electron chi connectivity index (χ2n) is 6.66. The predicted octanol–water partition coefficient (Wildman–Crippen LogP) is 4.31. The lowest BCUT2D eigenvalue weighted by Gasteiger charge is -2.21. The highest BCUT2D eigenvalue weighted by molar-refractivity contribution is 6.31. The van der Waals surface area contributed by atoms with Gasteiger partial charge in [-0.25, -0.2) is 4.79 Å². The summed E-state index contributed by atoms with van der Waals surface area (Å²) in [5.74, 6) is -1.11. The number of halogens is 1. The van der Waals surface area contributed by atoms with E-state index >= 15 is 0 Å². The van der Waals surface area contributed by atoms with Crippen LogP contribution in [-0.2, 0) is 9.53 Å². The largest absolute Gasteiger partial charge is 0.452 e. The van der Waals surface area contributed by atoms with Gasteiger partial charge in [0.15, 0.2) is 6.61 Å². The van der Waals surface area contributed by atoms with Gasteiger partial charge in [-0.05, 0) is 30.0 Å². The van der Waals surface area contributed by atoms with Crippen molar-refractivity contribution in [2.24, 2.45) is 5.92 Å². The number of carbonyl (C=O) groups is 2. The third kappa shape index (κ3) is 6.06. The summed E-state index contributed by atoms with van der Waals surface area (Å²) in [6.45, 7) is 3.55. The molecule has 0 aliphatic rings. The van der Waals surface area contributed by atoms with Crippen molar-refractivity contribution < 1.29 is 19.2 Å². The van der Waals surface area contributed by atoms with Crippen LogP contribution in [-0.4, -0.2) is 23.4 Å². The Bertz CT molecular complexity index is 855. The fraction of sp³-hybridized carbons (Fsp3) is 0.300. The number of hydrogen-bond donors (Lipinski definition) is 1. The van der Waals surface area contributed by atoms with Crippen LogP contribution < -0.4 is 5.32 Å². The van der Waals surface area contributed by atoms with E-state index in [4.69, 9.17) is 16.3 Å². The molecule has 1 amide bonds. The van der Waals surface area contributed by atoms with Gasteiger partial charge in [0.25, 0.3) is 11.6 Å². The molecule has 0 saturated carbocycles. The van der Waals surface area contributed by atoms with Crippen LogP contribution in [0, 0.1) is 16.0 Å². The standard InChI is InChI=1S/C20H21ClN2O5/c1-13(2)10-17(14-6-4-3-5-7-14)22-19(24)12-28-20(25)16-9-8-15(21)11-18(16)23(26)27/h3-9,11,13,17H,10,12H2,1-2H3,(H,22,24)/t17-/m1/s1. The molecule has 0 bridgehead atoms. The van der Waals surface area contributed by atoms with Crippen LogP contribution in [0.5, 0.6) is 0 Å². The van der Waals surface area contributed by atoms with Gasteiger partial charge in [0, 0.05) is 11.1 Å². The van der Waals surface area contributed by atoms with Crippen LogP contribution in [0.25, 0.3) is 0 Å². The minimum Gasteiger partial charge on any atom is -0.452 e. The number of nitrogens with zero attached hydrogens (tertiary/aromatic N) is 1. The summed E-state index contributed by atoms with van der Waals surface area (Å²) in [4.78, 5) is 34.8. The van der Waals surface area contributed by atoms with Crippen molar-refractivity contribution in [3.8, 4) is 0 Å². The molecule has 0 unspecified atom stereocenters. The lowest BCUT2D eigenvalue weighted by Crippen LogP contribution is -2.33. The molecule has 0 radical (unpaired) electrons. The molecule has 0 aromatic heterocycles. The fourth-order valence-electron chi connectivity index (χ4n) is 2.71. The molecule has 2 aromatic carbocycles. The van der Waals surface area contributed by atoms with Crippen molar-refractivity contribution >= 4 is 29.2 Å². The van der Waals surface area contributed by atoms with Crippen LogP contribution >= 0.6 is 11.6 Å². The van der Waals surface area contributed by atoms with Crippen molar-refractivity contribution in [3.05, 3.63) is 74.8 Å². The minimum absolute atomic E-state index is 0.125. The van der Waals surface area contributed by atoms with Crippen molar-refractivity contribution in [2.45, 2.75) is 26.3 Å². The van der Waals surface area contributed by atoms with Gasteiger partial charge in [-0.3, -0.25) is 14.9 Å². The molecule has 7 nitrogen and oxygen atoms in total. The fourth-order valence-corrected chi connectivity index (χ4v) is 2.87. The number of rotatable bonds is 8. The molecule has 1 atom stereocenters. The van der Waals surface area contributed by atoms with E-state index in [1.807, 2.05) is 44.2 Å². The Hall–Kier alpha value is -2.93. The maximum Gasteiger partial charge on any atom is 0.345 e. The highest BCUT2D eigenvalue weighted by Crippen LogP contribution is 2.24. The van der Waals surface area contributed by atoms with Gasteiger partial charge in [0.1, 0.15) is 5.56 Å². The van der Waals surface area contributed by atoms with Crippen LogP contribution in [0.4, 0.5) is 5.69 Å². The Labute approximate surface area is 167 Å². The molecule has 2 rings (SSSR count). The number of esters is 1. The van der Waals surface area contributed by atoms with Crippen LogP contribution in [0.1, 0.15) is 42.2 Å². The predicted molar refractivity (Wildman–Crippen MR) is 105 cm³/mol. The first-order valence-electron chi connectivity index (χ1n) is 8.73. The van der Waals surface area contributed by atoms with Gasteiger partial charge in [0.2, 0.25) is 0 Å². The molecular weight excluding hydrogens is 384 g/mol. The second kappa shape index (κ2) is 9.85. The van der Waals surface area contributed by atoms with Gasteiger partial charge in [0.05, 0.1) is 11.0 Å².